The Kier molecular flexibility index (Phi) is 4.78. The summed E-state index contributed by atoms with van der Waals surface area (Å²) in [5, 5.41) is 10.2. The highest BCUT2D eigenvalue weighted by molar-refractivity contribution is 5.28. The lowest BCUT2D eigenvalue weighted by Crippen LogP contribution is -2.13. The molecule has 0 fully saturated rings. The molecule has 2 N–H and O–H groups in total. The maximum Gasteiger partial charge on any atom is 0.119 e. The Hall–Kier alpha value is -1.81. The van der Waals surface area contributed by atoms with Crippen LogP contribution >= 0.6 is 0 Å². The van der Waals surface area contributed by atoms with Crippen LogP contribution in [0.3, 0.4) is 0 Å². The van der Waals surface area contributed by atoms with Crippen LogP contribution in [-0.2, 0) is 13.1 Å². The molecule has 0 unspecified atom stereocenters. The van der Waals surface area contributed by atoms with Crippen molar-refractivity contribution < 1.29 is 4.74 Å². The van der Waals surface area contributed by atoms with E-state index in [1.165, 1.54) is 5.56 Å². The fraction of sp³-hybridized carbons (Fsp3) is 0.357. The van der Waals surface area contributed by atoms with E-state index in [2.05, 4.69) is 34.6 Å². The number of rotatable bonds is 7. The van der Waals surface area contributed by atoms with Gasteiger partial charge < -0.3 is 10.1 Å². The van der Waals surface area contributed by atoms with E-state index in [1.54, 1.807) is 6.20 Å². The lowest BCUT2D eigenvalue weighted by molar-refractivity contribution is 0.317. The molecule has 1 heterocycles. The summed E-state index contributed by atoms with van der Waals surface area (Å²) in [7, 11) is 0. The van der Waals surface area contributed by atoms with Crippen molar-refractivity contribution in [2.75, 3.05) is 6.61 Å². The van der Waals surface area contributed by atoms with Crippen molar-refractivity contribution in [3.05, 3.63) is 47.8 Å². The zero-order valence-corrected chi connectivity index (χ0v) is 10.6. The number of aromatic nitrogens is 2. The topological polar surface area (TPSA) is 49.9 Å². The summed E-state index contributed by atoms with van der Waals surface area (Å²) < 4.78 is 5.60. The number of benzene rings is 1. The van der Waals surface area contributed by atoms with Gasteiger partial charge in [0.05, 0.1) is 6.61 Å². The predicted octanol–water partition coefficient (Wildman–Crippen LogP) is 2.49. The van der Waals surface area contributed by atoms with Crippen LogP contribution in [-0.4, -0.2) is 16.8 Å². The zero-order valence-electron chi connectivity index (χ0n) is 10.6. The molecule has 0 amide bonds. The first kappa shape index (κ1) is 12.6. The summed E-state index contributed by atoms with van der Waals surface area (Å²) in [5.41, 5.74) is 2.32. The van der Waals surface area contributed by atoms with E-state index in [4.69, 9.17) is 4.74 Å². The molecule has 0 saturated carbocycles. The third kappa shape index (κ3) is 3.89. The number of aromatic amines is 1. The molecule has 0 aliphatic carbocycles. The molecule has 4 heteroatoms. The van der Waals surface area contributed by atoms with Crippen LogP contribution in [0.1, 0.15) is 24.6 Å². The standard InChI is InChI=1S/C14H19N3O/c1-2-8-18-14-5-3-4-12(9-14)10-15-11-13-6-7-16-17-13/h3-7,9,15H,2,8,10-11H2,1H3,(H,16,17). The highest BCUT2D eigenvalue weighted by Crippen LogP contribution is 2.13. The van der Waals surface area contributed by atoms with Gasteiger partial charge in [-0.05, 0) is 30.2 Å². The van der Waals surface area contributed by atoms with E-state index in [0.29, 0.717) is 0 Å². The molecule has 2 rings (SSSR count). The lowest BCUT2D eigenvalue weighted by Gasteiger charge is -2.07. The lowest BCUT2D eigenvalue weighted by atomic mass is 10.2. The third-order valence-corrected chi connectivity index (χ3v) is 2.57. The van der Waals surface area contributed by atoms with E-state index in [1.807, 2.05) is 18.2 Å². The number of H-pyrrole nitrogens is 1. The van der Waals surface area contributed by atoms with Crippen LogP contribution in [0.15, 0.2) is 36.5 Å². The predicted molar refractivity (Wildman–Crippen MR) is 71.4 cm³/mol. The van der Waals surface area contributed by atoms with Gasteiger partial charge in [0, 0.05) is 25.0 Å². The van der Waals surface area contributed by atoms with Crippen LogP contribution < -0.4 is 10.1 Å². The Balaban J connectivity index is 1.81. The summed E-state index contributed by atoms with van der Waals surface area (Å²) in [4.78, 5) is 0. The molecule has 2 aromatic rings. The molecule has 96 valence electrons. The number of ether oxygens (including phenoxy) is 1. The van der Waals surface area contributed by atoms with E-state index in [-0.39, 0.29) is 0 Å². The highest BCUT2D eigenvalue weighted by atomic mass is 16.5. The van der Waals surface area contributed by atoms with Gasteiger partial charge >= 0.3 is 0 Å². The first-order chi connectivity index (χ1) is 8.88. The Bertz CT molecular complexity index is 454. The van der Waals surface area contributed by atoms with Crippen LogP contribution in [0.5, 0.6) is 5.75 Å². The number of nitrogens with one attached hydrogen (secondary N) is 2. The van der Waals surface area contributed by atoms with Crippen molar-refractivity contribution in [3.8, 4) is 5.75 Å². The van der Waals surface area contributed by atoms with Crippen LogP contribution in [0.4, 0.5) is 0 Å². The first-order valence-corrected chi connectivity index (χ1v) is 6.29. The summed E-state index contributed by atoms with van der Waals surface area (Å²) in [5.74, 6) is 0.942. The third-order valence-electron chi connectivity index (χ3n) is 2.57. The maximum atomic E-state index is 5.60. The SMILES string of the molecule is CCCOc1cccc(CNCc2ccn[nH]2)c1. The van der Waals surface area contributed by atoms with Crippen LogP contribution in [0, 0.1) is 0 Å². The van der Waals surface area contributed by atoms with Crippen molar-refractivity contribution in [3.63, 3.8) is 0 Å². The van der Waals surface area contributed by atoms with Crippen molar-refractivity contribution in [1.29, 1.82) is 0 Å². The Morgan fingerprint density at radius 3 is 3.00 bits per heavy atom. The summed E-state index contributed by atoms with van der Waals surface area (Å²) >= 11 is 0. The molecule has 0 atom stereocenters. The molecule has 0 bridgehead atoms. The molecule has 1 aromatic heterocycles. The molecule has 0 radical (unpaired) electrons. The number of hydrogen-bond donors (Lipinski definition) is 2. The monoisotopic (exact) mass is 245 g/mol. The zero-order chi connectivity index (χ0) is 12.6. The summed E-state index contributed by atoms with van der Waals surface area (Å²) in [6.07, 6.45) is 2.79. The van der Waals surface area contributed by atoms with Crippen molar-refractivity contribution in [2.45, 2.75) is 26.4 Å². The minimum atomic E-state index is 0.769. The molecule has 0 aliphatic heterocycles. The van der Waals surface area contributed by atoms with Gasteiger partial charge in [0.2, 0.25) is 0 Å². The molecular weight excluding hydrogens is 226 g/mol. The van der Waals surface area contributed by atoms with Crippen molar-refractivity contribution in [2.24, 2.45) is 0 Å². The second-order valence-corrected chi connectivity index (χ2v) is 4.18. The highest BCUT2D eigenvalue weighted by Gasteiger charge is 1.98. The van der Waals surface area contributed by atoms with E-state index < -0.39 is 0 Å². The Morgan fingerprint density at radius 2 is 2.22 bits per heavy atom. The Labute approximate surface area is 107 Å². The fourth-order valence-corrected chi connectivity index (χ4v) is 1.69. The van der Waals surface area contributed by atoms with Gasteiger partial charge in [-0.1, -0.05) is 19.1 Å². The van der Waals surface area contributed by atoms with E-state index in [9.17, 15) is 0 Å². The van der Waals surface area contributed by atoms with Gasteiger partial charge in [0.1, 0.15) is 5.75 Å². The first-order valence-electron chi connectivity index (χ1n) is 6.29. The molecule has 0 saturated heterocycles. The van der Waals surface area contributed by atoms with Gasteiger partial charge in [-0.15, -0.1) is 0 Å². The van der Waals surface area contributed by atoms with E-state index in [0.717, 1.165) is 37.6 Å². The fourth-order valence-electron chi connectivity index (χ4n) is 1.69. The summed E-state index contributed by atoms with van der Waals surface area (Å²) in [6, 6.07) is 10.2. The largest absolute Gasteiger partial charge is 0.494 e. The molecule has 18 heavy (non-hydrogen) atoms. The normalized spacial score (nSPS) is 10.5. The molecule has 4 nitrogen and oxygen atoms in total. The summed E-state index contributed by atoms with van der Waals surface area (Å²) in [6.45, 7) is 4.49. The minimum Gasteiger partial charge on any atom is -0.494 e. The van der Waals surface area contributed by atoms with Crippen LogP contribution in [0.2, 0.25) is 0 Å². The average Bonchev–Trinajstić information content (AvgIpc) is 2.90. The van der Waals surface area contributed by atoms with Crippen molar-refractivity contribution >= 4 is 0 Å². The molecular formula is C14H19N3O. The second kappa shape index (κ2) is 6.81. The van der Waals surface area contributed by atoms with Gasteiger partial charge in [-0.25, -0.2) is 0 Å². The quantitative estimate of drug-likeness (QED) is 0.788. The van der Waals surface area contributed by atoms with Gasteiger partial charge in [0.25, 0.3) is 0 Å². The molecule has 1 aromatic carbocycles. The van der Waals surface area contributed by atoms with Gasteiger partial charge in [-0.3, -0.25) is 5.10 Å². The smallest absolute Gasteiger partial charge is 0.119 e. The maximum absolute atomic E-state index is 5.60. The van der Waals surface area contributed by atoms with Crippen LogP contribution in [0.25, 0.3) is 0 Å². The Morgan fingerprint density at radius 1 is 1.28 bits per heavy atom. The molecule has 0 aliphatic rings. The van der Waals surface area contributed by atoms with Gasteiger partial charge in [-0.2, -0.15) is 5.10 Å². The number of nitrogens with zero attached hydrogens (tertiary/aromatic N) is 1. The minimum absolute atomic E-state index is 0.769. The second-order valence-electron chi connectivity index (χ2n) is 4.18. The van der Waals surface area contributed by atoms with E-state index >= 15 is 0 Å². The average molecular weight is 245 g/mol. The van der Waals surface area contributed by atoms with Crippen molar-refractivity contribution in [1.82, 2.24) is 15.5 Å². The number of hydrogen-bond acceptors (Lipinski definition) is 3. The molecule has 0 spiro atoms. The van der Waals surface area contributed by atoms with Gasteiger partial charge in [0.15, 0.2) is 0 Å².